The van der Waals surface area contributed by atoms with E-state index in [-0.39, 0.29) is 41.6 Å². The number of halogens is 5. The zero-order valence-electron chi connectivity index (χ0n) is 14.3. The molecule has 0 amide bonds. The maximum atomic E-state index is 12.3. The number of thiophene rings is 1. The SMILES string of the molecule is Cl.Cl.O=[N+]([O-])c1ccc([C@@H](c2ccc(OC(F)(F)F)cc2)N2CCNCC2)s1. The van der Waals surface area contributed by atoms with Gasteiger partial charge in [-0.15, -0.1) is 38.0 Å². The van der Waals surface area contributed by atoms with E-state index in [1.807, 2.05) is 0 Å². The minimum Gasteiger partial charge on any atom is -0.406 e. The van der Waals surface area contributed by atoms with Gasteiger partial charge in [0, 0.05) is 37.1 Å². The minimum absolute atomic E-state index is 0. The molecule has 12 heteroatoms. The lowest BCUT2D eigenvalue weighted by Gasteiger charge is -2.34. The van der Waals surface area contributed by atoms with Crippen LogP contribution in [0.1, 0.15) is 16.5 Å². The average molecular weight is 460 g/mol. The molecule has 1 N–H and O–H groups in total. The molecule has 0 saturated carbocycles. The Labute approximate surface area is 175 Å². The molecule has 1 fully saturated rings. The van der Waals surface area contributed by atoms with Crippen LogP contribution in [0.5, 0.6) is 5.75 Å². The number of piperazine rings is 1. The summed E-state index contributed by atoms with van der Waals surface area (Å²) in [6.45, 7) is 3.02. The van der Waals surface area contributed by atoms with Gasteiger partial charge in [0.15, 0.2) is 0 Å². The second-order valence-electron chi connectivity index (χ2n) is 5.74. The first-order valence-corrected chi connectivity index (χ1v) is 8.70. The van der Waals surface area contributed by atoms with Crippen LogP contribution in [-0.4, -0.2) is 42.4 Å². The molecule has 1 saturated heterocycles. The van der Waals surface area contributed by atoms with E-state index in [9.17, 15) is 23.3 Å². The van der Waals surface area contributed by atoms with Gasteiger partial charge in [-0.05, 0) is 23.8 Å². The van der Waals surface area contributed by atoms with Gasteiger partial charge in [0.05, 0.1) is 11.0 Å². The topological polar surface area (TPSA) is 67.6 Å². The fourth-order valence-corrected chi connectivity index (χ4v) is 3.92. The molecule has 0 spiro atoms. The van der Waals surface area contributed by atoms with Crippen molar-refractivity contribution in [2.45, 2.75) is 12.4 Å². The first-order chi connectivity index (χ1) is 12.3. The first kappa shape index (κ1) is 24.4. The highest BCUT2D eigenvalue weighted by Gasteiger charge is 2.31. The van der Waals surface area contributed by atoms with Crippen molar-refractivity contribution in [1.29, 1.82) is 0 Å². The summed E-state index contributed by atoms with van der Waals surface area (Å²) >= 11 is 1.08. The van der Waals surface area contributed by atoms with Crippen molar-refractivity contribution in [2.75, 3.05) is 26.2 Å². The maximum Gasteiger partial charge on any atom is 0.573 e. The van der Waals surface area contributed by atoms with Gasteiger partial charge in [0.1, 0.15) is 5.75 Å². The fraction of sp³-hybridized carbons (Fsp3) is 0.375. The molecule has 0 bridgehead atoms. The molecule has 1 aromatic carbocycles. The van der Waals surface area contributed by atoms with Crippen molar-refractivity contribution < 1.29 is 22.8 Å². The normalized spacial score (nSPS) is 15.8. The highest BCUT2D eigenvalue weighted by Crippen LogP contribution is 2.37. The van der Waals surface area contributed by atoms with Crippen molar-refractivity contribution in [3.8, 4) is 5.75 Å². The van der Waals surface area contributed by atoms with E-state index < -0.39 is 11.3 Å². The largest absolute Gasteiger partial charge is 0.573 e. The van der Waals surface area contributed by atoms with Crippen LogP contribution in [0.2, 0.25) is 0 Å². The Kier molecular flexibility index (Phi) is 8.96. The summed E-state index contributed by atoms with van der Waals surface area (Å²) in [5.74, 6) is -0.294. The molecule has 1 aromatic heterocycles. The maximum absolute atomic E-state index is 12.3. The average Bonchev–Trinajstić information content (AvgIpc) is 3.06. The third kappa shape index (κ3) is 6.21. The fourth-order valence-electron chi connectivity index (χ4n) is 2.93. The van der Waals surface area contributed by atoms with Crippen LogP contribution in [0.25, 0.3) is 0 Å². The van der Waals surface area contributed by atoms with Crippen LogP contribution >= 0.6 is 36.2 Å². The summed E-state index contributed by atoms with van der Waals surface area (Å²) < 4.78 is 40.9. The number of nitrogens with zero attached hydrogens (tertiary/aromatic N) is 2. The van der Waals surface area contributed by atoms with Crippen LogP contribution in [-0.2, 0) is 0 Å². The molecule has 1 aliphatic rings. The summed E-state index contributed by atoms with van der Waals surface area (Å²) in [6, 6.07) is 8.57. The van der Waals surface area contributed by atoms with Gasteiger partial charge in [0.25, 0.3) is 0 Å². The highest BCUT2D eigenvalue weighted by molar-refractivity contribution is 7.15. The van der Waals surface area contributed by atoms with E-state index >= 15 is 0 Å². The zero-order chi connectivity index (χ0) is 18.7. The van der Waals surface area contributed by atoms with Crippen LogP contribution in [0, 0.1) is 10.1 Å². The van der Waals surface area contributed by atoms with Crippen molar-refractivity contribution in [1.82, 2.24) is 10.2 Å². The van der Waals surface area contributed by atoms with Gasteiger partial charge in [-0.2, -0.15) is 0 Å². The number of rotatable bonds is 5. The van der Waals surface area contributed by atoms with Crippen molar-refractivity contribution in [2.24, 2.45) is 0 Å². The van der Waals surface area contributed by atoms with Crippen LogP contribution in [0.4, 0.5) is 18.2 Å². The predicted molar refractivity (Wildman–Crippen MR) is 105 cm³/mol. The Hall–Kier alpha value is -1.59. The van der Waals surface area contributed by atoms with E-state index in [0.29, 0.717) is 0 Å². The molecule has 1 atom stereocenters. The highest BCUT2D eigenvalue weighted by atomic mass is 35.5. The van der Waals surface area contributed by atoms with E-state index in [4.69, 9.17) is 0 Å². The van der Waals surface area contributed by atoms with Gasteiger partial charge >= 0.3 is 11.4 Å². The molecule has 6 nitrogen and oxygen atoms in total. The second kappa shape index (κ2) is 10.3. The molecular weight excluding hydrogens is 442 g/mol. The first-order valence-electron chi connectivity index (χ1n) is 7.88. The van der Waals surface area contributed by atoms with E-state index in [1.165, 1.54) is 18.2 Å². The monoisotopic (exact) mass is 459 g/mol. The molecule has 1 aliphatic heterocycles. The standard InChI is InChI=1S/C16H16F3N3O3S.2ClH/c17-16(18,19)25-12-3-1-11(2-4-12)15(21-9-7-20-8-10-21)13-5-6-14(26-13)22(23)24;;/h1-6,15,20H,7-10H2;2*1H/t15-;;/m1../s1. The Morgan fingerprint density at radius 3 is 2.21 bits per heavy atom. The Balaban J connectivity index is 0.00000196. The lowest BCUT2D eigenvalue weighted by Crippen LogP contribution is -2.45. The van der Waals surface area contributed by atoms with Crippen molar-refractivity contribution in [3.05, 3.63) is 57.0 Å². The summed E-state index contributed by atoms with van der Waals surface area (Å²) in [6.07, 6.45) is -4.74. The van der Waals surface area contributed by atoms with Gasteiger partial charge in [-0.3, -0.25) is 15.0 Å². The minimum atomic E-state index is -4.74. The van der Waals surface area contributed by atoms with E-state index in [1.54, 1.807) is 18.2 Å². The number of nitrogens with one attached hydrogen (secondary N) is 1. The summed E-state index contributed by atoms with van der Waals surface area (Å²) in [5, 5.41) is 14.3. The number of benzene rings is 1. The number of alkyl halides is 3. The summed E-state index contributed by atoms with van der Waals surface area (Å²) in [7, 11) is 0. The summed E-state index contributed by atoms with van der Waals surface area (Å²) in [4.78, 5) is 13.5. The predicted octanol–water partition coefficient (Wildman–Crippen LogP) is 4.39. The van der Waals surface area contributed by atoms with Crippen LogP contribution in [0.3, 0.4) is 0 Å². The zero-order valence-corrected chi connectivity index (χ0v) is 16.8. The number of nitro groups is 1. The Morgan fingerprint density at radius 2 is 1.71 bits per heavy atom. The van der Waals surface area contributed by atoms with Gasteiger partial charge < -0.3 is 10.1 Å². The van der Waals surface area contributed by atoms with E-state index in [0.717, 1.165) is 48.0 Å². The van der Waals surface area contributed by atoms with Crippen molar-refractivity contribution >= 4 is 41.2 Å². The van der Waals surface area contributed by atoms with Gasteiger partial charge in [-0.25, -0.2) is 0 Å². The third-order valence-electron chi connectivity index (χ3n) is 4.01. The lowest BCUT2D eigenvalue weighted by molar-refractivity contribution is -0.380. The number of hydrogen-bond donors (Lipinski definition) is 1. The summed E-state index contributed by atoms with van der Waals surface area (Å²) in [5.41, 5.74) is 0.762. The van der Waals surface area contributed by atoms with Gasteiger partial charge in [0.2, 0.25) is 0 Å². The Bertz CT molecular complexity index is 768. The van der Waals surface area contributed by atoms with Gasteiger partial charge in [-0.1, -0.05) is 23.5 Å². The molecule has 0 aliphatic carbocycles. The molecule has 3 rings (SSSR count). The quantitative estimate of drug-likeness (QED) is 0.530. The molecule has 28 heavy (non-hydrogen) atoms. The Morgan fingerprint density at radius 1 is 1.11 bits per heavy atom. The van der Waals surface area contributed by atoms with Crippen LogP contribution in [0.15, 0.2) is 36.4 Å². The van der Waals surface area contributed by atoms with E-state index in [2.05, 4.69) is 15.0 Å². The molecular formula is C16H18Cl2F3N3O3S. The molecule has 0 radical (unpaired) electrons. The second-order valence-corrected chi connectivity index (χ2v) is 6.83. The molecule has 2 heterocycles. The number of hydrogen-bond acceptors (Lipinski definition) is 6. The number of ether oxygens (including phenoxy) is 1. The lowest BCUT2D eigenvalue weighted by atomic mass is 10.0. The third-order valence-corrected chi connectivity index (χ3v) is 5.10. The molecule has 0 unspecified atom stereocenters. The van der Waals surface area contributed by atoms with Crippen LogP contribution < -0.4 is 10.1 Å². The molecule has 156 valence electrons. The molecule has 2 aromatic rings. The van der Waals surface area contributed by atoms with Crippen molar-refractivity contribution in [3.63, 3.8) is 0 Å². The smallest absolute Gasteiger partial charge is 0.406 e.